The minimum Gasteiger partial charge on any atom is -0.383 e. The molecule has 5 aromatic rings. The van der Waals surface area contributed by atoms with Crippen LogP contribution in [0.25, 0.3) is 39.6 Å². The topological polar surface area (TPSA) is 95.4 Å². The summed E-state index contributed by atoms with van der Waals surface area (Å²) in [5.74, 6) is 1.16. The third kappa shape index (κ3) is 2.93. The van der Waals surface area contributed by atoms with E-state index in [-0.39, 0.29) is 0 Å². The van der Waals surface area contributed by atoms with Gasteiger partial charge in [0, 0.05) is 24.3 Å². The number of rotatable bonds is 3. The molecular weight excluding hydrogens is 386 g/mol. The van der Waals surface area contributed by atoms with Crippen LogP contribution >= 0.6 is 0 Å². The Morgan fingerprint density at radius 3 is 2.65 bits per heavy atom. The first-order valence-electron chi connectivity index (χ1n) is 10.3. The van der Waals surface area contributed by atoms with Gasteiger partial charge in [0.2, 0.25) is 0 Å². The standard InChI is InChI=1S/C24H19N7/c25-22-18(5-2-10-28-22)23-30-20-9-8-19(21-14-26-11-12-27-21)29-24(20)31(23)17-7-6-15-3-1-4-16(15)13-17/h2,5-14H,1,3-4H2,(H2,25,28). The van der Waals surface area contributed by atoms with Crippen LogP contribution in [-0.4, -0.2) is 29.5 Å². The molecule has 7 heteroatoms. The molecule has 0 aliphatic heterocycles. The van der Waals surface area contributed by atoms with Crippen molar-refractivity contribution < 1.29 is 0 Å². The number of aryl methyl sites for hydroxylation is 2. The Bertz CT molecular complexity index is 1420. The van der Waals surface area contributed by atoms with Crippen LogP contribution in [0.2, 0.25) is 0 Å². The maximum absolute atomic E-state index is 6.23. The molecule has 1 aliphatic carbocycles. The van der Waals surface area contributed by atoms with Crippen molar-refractivity contribution in [2.75, 3.05) is 5.73 Å². The van der Waals surface area contributed by atoms with Gasteiger partial charge in [0.05, 0.1) is 17.5 Å². The SMILES string of the molecule is Nc1ncccc1-c1nc2ccc(-c3cnccn3)nc2n1-c1ccc2c(c1)CCC2. The molecule has 0 saturated heterocycles. The number of imidazole rings is 1. The molecule has 1 aromatic carbocycles. The van der Waals surface area contributed by atoms with E-state index >= 15 is 0 Å². The Kier molecular flexibility index (Phi) is 3.99. The van der Waals surface area contributed by atoms with Crippen LogP contribution in [0.5, 0.6) is 0 Å². The molecule has 0 radical (unpaired) electrons. The lowest BCUT2D eigenvalue weighted by atomic mass is 10.1. The van der Waals surface area contributed by atoms with Crippen molar-refractivity contribution in [2.24, 2.45) is 0 Å². The molecule has 6 rings (SSSR count). The first-order valence-corrected chi connectivity index (χ1v) is 10.3. The molecule has 0 spiro atoms. The van der Waals surface area contributed by atoms with Gasteiger partial charge in [-0.2, -0.15) is 0 Å². The third-order valence-corrected chi connectivity index (χ3v) is 5.75. The largest absolute Gasteiger partial charge is 0.383 e. The zero-order valence-electron chi connectivity index (χ0n) is 16.7. The number of anilines is 1. The molecule has 7 nitrogen and oxygen atoms in total. The van der Waals surface area contributed by atoms with Gasteiger partial charge in [0.25, 0.3) is 0 Å². The molecule has 0 atom stereocenters. The summed E-state index contributed by atoms with van der Waals surface area (Å²) in [5.41, 5.74) is 13.8. The number of hydrogen-bond donors (Lipinski definition) is 1. The van der Waals surface area contributed by atoms with Crippen LogP contribution < -0.4 is 5.73 Å². The molecule has 31 heavy (non-hydrogen) atoms. The summed E-state index contributed by atoms with van der Waals surface area (Å²) in [7, 11) is 0. The highest BCUT2D eigenvalue weighted by atomic mass is 15.1. The molecule has 4 aromatic heterocycles. The highest BCUT2D eigenvalue weighted by Gasteiger charge is 2.20. The molecule has 4 heterocycles. The fourth-order valence-electron chi connectivity index (χ4n) is 4.26. The Labute approximate surface area is 178 Å². The van der Waals surface area contributed by atoms with Crippen LogP contribution in [0.15, 0.2) is 67.3 Å². The highest BCUT2D eigenvalue weighted by molar-refractivity contribution is 5.84. The van der Waals surface area contributed by atoms with E-state index in [1.165, 1.54) is 17.5 Å². The second-order valence-electron chi connectivity index (χ2n) is 7.64. The molecule has 0 amide bonds. The number of aromatic nitrogens is 6. The molecule has 1 aliphatic rings. The average molecular weight is 405 g/mol. The predicted molar refractivity (Wildman–Crippen MR) is 120 cm³/mol. The number of nitrogens with zero attached hydrogens (tertiary/aromatic N) is 6. The van der Waals surface area contributed by atoms with Crippen LogP contribution in [0.1, 0.15) is 17.5 Å². The van der Waals surface area contributed by atoms with Gasteiger partial charge in [-0.05, 0) is 66.8 Å². The molecule has 2 N–H and O–H groups in total. The fourth-order valence-corrected chi connectivity index (χ4v) is 4.26. The van der Waals surface area contributed by atoms with E-state index in [0.29, 0.717) is 11.5 Å². The summed E-state index contributed by atoms with van der Waals surface area (Å²) >= 11 is 0. The van der Waals surface area contributed by atoms with Crippen molar-refractivity contribution in [3.8, 4) is 28.5 Å². The number of nitrogens with two attached hydrogens (primary N) is 1. The highest BCUT2D eigenvalue weighted by Crippen LogP contribution is 2.33. The van der Waals surface area contributed by atoms with Gasteiger partial charge in [-0.1, -0.05) is 6.07 Å². The van der Waals surface area contributed by atoms with Crippen molar-refractivity contribution in [3.63, 3.8) is 0 Å². The second kappa shape index (κ2) is 6.98. The quantitative estimate of drug-likeness (QED) is 0.487. The van der Waals surface area contributed by atoms with Crippen molar-refractivity contribution in [2.45, 2.75) is 19.3 Å². The molecular formula is C24H19N7. The monoisotopic (exact) mass is 405 g/mol. The molecule has 0 fully saturated rings. The van der Waals surface area contributed by atoms with E-state index in [9.17, 15) is 0 Å². The van der Waals surface area contributed by atoms with Gasteiger partial charge in [-0.25, -0.2) is 15.0 Å². The third-order valence-electron chi connectivity index (χ3n) is 5.75. The Hall–Kier alpha value is -4.13. The van der Waals surface area contributed by atoms with Crippen molar-refractivity contribution in [3.05, 3.63) is 78.4 Å². The zero-order valence-corrected chi connectivity index (χ0v) is 16.7. The zero-order chi connectivity index (χ0) is 20.8. The van der Waals surface area contributed by atoms with Gasteiger partial charge in [-0.15, -0.1) is 0 Å². The molecule has 0 bridgehead atoms. The summed E-state index contributed by atoms with van der Waals surface area (Å²) in [5, 5.41) is 0. The van der Waals surface area contributed by atoms with Crippen molar-refractivity contribution >= 4 is 17.0 Å². The first-order chi connectivity index (χ1) is 15.3. The average Bonchev–Trinajstić information content (AvgIpc) is 3.43. The van der Waals surface area contributed by atoms with Gasteiger partial charge in [0.1, 0.15) is 17.0 Å². The van der Waals surface area contributed by atoms with Gasteiger partial charge < -0.3 is 5.73 Å². The van der Waals surface area contributed by atoms with Crippen LogP contribution in [0, 0.1) is 0 Å². The Morgan fingerprint density at radius 2 is 1.77 bits per heavy atom. The summed E-state index contributed by atoms with van der Waals surface area (Å²) in [6.07, 6.45) is 10.1. The summed E-state index contributed by atoms with van der Waals surface area (Å²) in [4.78, 5) is 22.7. The number of pyridine rings is 2. The van der Waals surface area contributed by atoms with E-state index in [1.807, 2.05) is 24.3 Å². The van der Waals surface area contributed by atoms with E-state index in [2.05, 4.69) is 37.7 Å². The Morgan fingerprint density at radius 1 is 0.839 bits per heavy atom. The number of benzene rings is 1. The number of fused-ring (bicyclic) bond motifs is 2. The lowest BCUT2D eigenvalue weighted by molar-refractivity contribution is 0.911. The maximum atomic E-state index is 6.23. The van der Waals surface area contributed by atoms with E-state index < -0.39 is 0 Å². The van der Waals surface area contributed by atoms with E-state index in [1.54, 1.807) is 24.8 Å². The normalized spacial score (nSPS) is 12.9. The molecule has 150 valence electrons. The first kappa shape index (κ1) is 17.7. The van der Waals surface area contributed by atoms with Gasteiger partial charge in [-0.3, -0.25) is 14.5 Å². The van der Waals surface area contributed by atoms with E-state index in [4.69, 9.17) is 15.7 Å². The maximum Gasteiger partial charge on any atom is 0.165 e. The summed E-state index contributed by atoms with van der Waals surface area (Å²) in [6, 6.07) is 14.3. The molecule has 0 saturated carbocycles. The van der Waals surface area contributed by atoms with Gasteiger partial charge in [0.15, 0.2) is 11.5 Å². The van der Waals surface area contributed by atoms with Crippen LogP contribution in [0.4, 0.5) is 5.82 Å². The second-order valence-corrected chi connectivity index (χ2v) is 7.64. The lowest BCUT2D eigenvalue weighted by Gasteiger charge is -2.12. The summed E-state index contributed by atoms with van der Waals surface area (Å²) < 4.78 is 2.07. The van der Waals surface area contributed by atoms with Crippen molar-refractivity contribution in [1.29, 1.82) is 0 Å². The lowest BCUT2D eigenvalue weighted by Crippen LogP contribution is -2.03. The number of nitrogen functional groups attached to an aromatic ring is 1. The minimum atomic E-state index is 0.439. The van der Waals surface area contributed by atoms with Crippen molar-refractivity contribution in [1.82, 2.24) is 29.5 Å². The summed E-state index contributed by atoms with van der Waals surface area (Å²) in [6.45, 7) is 0. The van der Waals surface area contributed by atoms with E-state index in [0.717, 1.165) is 46.8 Å². The van der Waals surface area contributed by atoms with Crippen LogP contribution in [0.3, 0.4) is 0 Å². The fraction of sp³-hybridized carbons (Fsp3) is 0.125. The molecule has 0 unspecified atom stereocenters. The number of hydrogen-bond acceptors (Lipinski definition) is 6. The minimum absolute atomic E-state index is 0.439. The Balaban J connectivity index is 1.64. The smallest absolute Gasteiger partial charge is 0.165 e. The van der Waals surface area contributed by atoms with Crippen LogP contribution in [-0.2, 0) is 12.8 Å². The van der Waals surface area contributed by atoms with Gasteiger partial charge >= 0.3 is 0 Å². The predicted octanol–water partition coefficient (Wildman–Crippen LogP) is 4.01.